The highest BCUT2D eigenvalue weighted by molar-refractivity contribution is 5.85. The number of hydrazone groups is 1. The highest BCUT2D eigenvalue weighted by atomic mass is 19.1. The number of rotatable bonds is 4. The van der Waals surface area contributed by atoms with Crippen LogP contribution >= 0.6 is 0 Å². The second kappa shape index (κ2) is 8.01. The van der Waals surface area contributed by atoms with Gasteiger partial charge in [-0.15, -0.1) is 0 Å². The first kappa shape index (κ1) is 21.0. The molecule has 7 rings (SSSR count). The molecule has 4 aliphatic rings. The highest BCUT2D eigenvalue weighted by Crippen LogP contribution is 2.53. The van der Waals surface area contributed by atoms with E-state index in [4.69, 9.17) is 0 Å². The van der Waals surface area contributed by atoms with Gasteiger partial charge >= 0.3 is 0 Å². The van der Waals surface area contributed by atoms with Gasteiger partial charge in [0.05, 0.1) is 29.4 Å². The second-order valence-corrected chi connectivity index (χ2v) is 9.71. The van der Waals surface area contributed by atoms with Crippen molar-refractivity contribution in [2.45, 2.75) is 38.3 Å². The summed E-state index contributed by atoms with van der Waals surface area (Å²) in [4.78, 5) is 13.6. The van der Waals surface area contributed by atoms with Crippen LogP contribution in [0.5, 0.6) is 0 Å². The molecule has 1 aliphatic heterocycles. The van der Waals surface area contributed by atoms with Crippen LogP contribution in [0.1, 0.15) is 42.9 Å². The Hall–Kier alpha value is -3.60. The van der Waals surface area contributed by atoms with Gasteiger partial charge in [0, 0.05) is 36.6 Å². The van der Waals surface area contributed by atoms with Crippen LogP contribution in [0, 0.1) is 46.6 Å². The number of amides is 1. The summed E-state index contributed by atoms with van der Waals surface area (Å²) >= 11 is 0. The van der Waals surface area contributed by atoms with Crippen LogP contribution in [-0.2, 0) is 11.3 Å². The van der Waals surface area contributed by atoms with E-state index in [0.29, 0.717) is 41.8 Å². The third kappa shape index (κ3) is 3.38. The van der Waals surface area contributed by atoms with Gasteiger partial charge in [-0.3, -0.25) is 9.48 Å². The molecular weight excluding hydrogens is 436 g/mol. The van der Waals surface area contributed by atoms with E-state index in [1.54, 1.807) is 18.5 Å². The van der Waals surface area contributed by atoms with Crippen molar-refractivity contribution >= 4 is 23.0 Å². The van der Waals surface area contributed by atoms with Crippen molar-refractivity contribution in [3.05, 3.63) is 65.4 Å². The maximum Gasteiger partial charge on any atom is 0.246 e. The van der Waals surface area contributed by atoms with E-state index in [2.05, 4.69) is 16.3 Å². The number of benzene rings is 2. The molecule has 0 N–H and O–H groups in total. The van der Waals surface area contributed by atoms with Crippen molar-refractivity contribution in [3.63, 3.8) is 0 Å². The van der Waals surface area contributed by atoms with Crippen LogP contribution < -0.4 is 0 Å². The van der Waals surface area contributed by atoms with Gasteiger partial charge in [-0.1, -0.05) is 6.07 Å². The molecule has 34 heavy (non-hydrogen) atoms. The minimum absolute atomic E-state index is 0.0614. The molecule has 6 nitrogen and oxygen atoms in total. The zero-order valence-corrected chi connectivity index (χ0v) is 18.4. The van der Waals surface area contributed by atoms with Crippen LogP contribution in [0.4, 0.5) is 8.78 Å². The van der Waals surface area contributed by atoms with E-state index >= 15 is 0 Å². The Balaban J connectivity index is 1.22. The molecule has 1 unspecified atom stereocenters. The molecule has 172 valence electrons. The lowest BCUT2D eigenvalue weighted by Gasteiger charge is -2.51. The number of carbonyl (C=O) groups excluding carboxylic acids is 1. The average Bonchev–Trinajstić information content (AvgIpc) is 3.44. The zero-order chi connectivity index (χ0) is 23.4. The van der Waals surface area contributed by atoms with Gasteiger partial charge in [-0.25, -0.2) is 13.8 Å². The molecule has 1 amide bonds. The molecule has 1 aromatic heterocycles. The first-order chi connectivity index (χ1) is 16.5. The fourth-order valence-electron chi connectivity index (χ4n) is 6.07. The maximum absolute atomic E-state index is 13.8. The Morgan fingerprint density at radius 2 is 1.91 bits per heavy atom. The lowest BCUT2D eigenvalue weighted by atomic mass is 9.55. The summed E-state index contributed by atoms with van der Waals surface area (Å²) in [5, 5.41) is 20.5. The van der Waals surface area contributed by atoms with Crippen LogP contribution in [0.3, 0.4) is 0 Å². The number of fused-ring (bicyclic) bond motifs is 3. The van der Waals surface area contributed by atoms with E-state index < -0.39 is 17.7 Å². The minimum Gasteiger partial charge on any atom is -0.273 e. The lowest BCUT2D eigenvalue weighted by Crippen LogP contribution is -2.49. The summed E-state index contributed by atoms with van der Waals surface area (Å²) in [5.74, 6) is -0.350. The number of nitrogens with zero attached hydrogens (tertiary/aromatic N) is 5. The van der Waals surface area contributed by atoms with Gasteiger partial charge in [0.1, 0.15) is 11.6 Å². The zero-order valence-electron chi connectivity index (χ0n) is 18.4. The van der Waals surface area contributed by atoms with Gasteiger partial charge in [0.25, 0.3) is 0 Å². The Morgan fingerprint density at radius 1 is 1.12 bits per heavy atom. The third-order valence-corrected chi connectivity index (χ3v) is 7.86. The summed E-state index contributed by atoms with van der Waals surface area (Å²) in [7, 11) is 0. The Bertz CT molecular complexity index is 1330. The number of hydrogen-bond acceptors (Lipinski definition) is 4. The molecular formula is C26H23F2N5O. The van der Waals surface area contributed by atoms with Gasteiger partial charge < -0.3 is 0 Å². The number of carbonyl (C=O) groups is 1. The minimum atomic E-state index is -0.653. The molecule has 3 fully saturated rings. The van der Waals surface area contributed by atoms with Crippen LogP contribution in [0.25, 0.3) is 10.9 Å². The summed E-state index contributed by atoms with van der Waals surface area (Å²) in [5.41, 5.74) is 1.97. The largest absolute Gasteiger partial charge is 0.273 e. The number of halogens is 2. The highest BCUT2D eigenvalue weighted by Gasteiger charge is 2.50. The fraction of sp³-hybridized carbons (Fsp3) is 0.385. The van der Waals surface area contributed by atoms with Crippen molar-refractivity contribution in [2.24, 2.45) is 28.8 Å². The number of aromatic nitrogens is 2. The molecule has 3 atom stereocenters. The predicted octanol–water partition coefficient (Wildman–Crippen LogP) is 4.81. The average molecular weight is 460 g/mol. The smallest absolute Gasteiger partial charge is 0.246 e. The van der Waals surface area contributed by atoms with Crippen molar-refractivity contribution in [3.8, 4) is 6.07 Å². The third-order valence-electron chi connectivity index (χ3n) is 7.86. The van der Waals surface area contributed by atoms with E-state index in [9.17, 15) is 18.8 Å². The molecule has 3 aliphatic carbocycles. The van der Waals surface area contributed by atoms with Crippen LogP contribution in [0.15, 0.2) is 47.7 Å². The Labute approximate surface area is 195 Å². The summed E-state index contributed by atoms with van der Waals surface area (Å²) in [6.45, 7) is 0.696. The first-order valence-electron chi connectivity index (χ1n) is 11.7. The van der Waals surface area contributed by atoms with Crippen LogP contribution in [-0.4, -0.2) is 26.9 Å². The molecule has 2 heterocycles. The van der Waals surface area contributed by atoms with Gasteiger partial charge in [-0.2, -0.15) is 15.5 Å². The fourth-order valence-corrected chi connectivity index (χ4v) is 6.07. The molecule has 0 spiro atoms. The van der Waals surface area contributed by atoms with E-state index in [-0.39, 0.29) is 11.8 Å². The van der Waals surface area contributed by atoms with Crippen molar-refractivity contribution in [1.29, 1.82) is 5.26 Å². The summed E-state index contributed by atoms with van der Waals surface area (Å²) in [6, 6.07) is 10.8. The van der Waals surface area contributed by atoms with Gasteiger partial charge in [0.2, 0.25) is 5.91 Å². The lowest BCUT2D eigenvalue weighted by molar-refractivity contribution is -0.147. The van der Waals surface area contributed by atoms with E-state index in [1.807, 2.05) is 16.8 Å². The van der Waals surface area contributed by atoms with Gasteiger partial charge in [-0.05, 0) is 66.8 Å². The van der Waals surface area contributed by atoms with Crippen molar-refractivity contribution in [1.82, 2.24) is 14.8 Å². The quantitative estimate of drug-likeness (QED) is 0.562. The molecule has 2 bridgehead atoms. The molecule has 3 saturated carbocycles. The van der Waals surface area contributed by atoms with Crippen LogP contribution in [0.2, 0.25) is 0 Å². The molecule has 0 saturated heterocycles. The standard InChI is InChI=1S/C26H23F2N5O/c27-20-8-18(9-21(28)11-20)24-4-5-30-33(24)26(34)22-10-19(16-6-17(22)7-16)14-32-25-3-1-2-15(12-29)23(25)13-31-32/h1-3,5,8-9,11,13,16-17,19,22,24H,4,6-7,10,14H2/t16?,17?,19-,22-,24?/m0/s1. The molecule has 8 heteroatoms. The topological polar surface area (TPSA) is 74.3 Å². The Morgan fingerprint density at radius 3 is 2.68 bits per heavy atom. The predicted molar refractivity (Wildman–Crippen MR) is 121 cm³/mol. The Kier molecular flexibility index (Phi) is 4.94. The van der Waals surface area contributed by atoms with E-state index in [0.717, 1.165) is 36.2 Å². The number of nitriles is 1. The first-order valence-corrected chi connectivity index (χ1v) is 11.7. The monoisotopic (exact) mass is 459 g/mol. The van der Waals surface area contributed by atoms with Crippen molar-refractivity contribution in [2.75, 3.05) is 0 Å². The van der Waals surface area contributed by atoms with E-state index in [1.165, 1.54) is 17.1 Å². The summed E-state index contributed by atoms with van der Waals surface area (Å²) < 4.78 is 29.6. The number of hydrogen-bond donors (Lipinski definition) is 0. The van der Waals surface area contributed by atoms with Gasteiger partial charge in [0.15, 0.2) is 0 Å². The maximum atomic E-state index is 13.8. The normalized spacial score (nSPS) is 27.6. The molecule has 0 radical (unpaired) electrons. The van der Waals surface area contributed by atoms with Crippen molar-refractivity contribution < 1.29 is 13.6 Å². The molecule has 3 aromatic rings. The summed E-state index contributed by atoms with van der Waals surface area (Å²) in [6.07, 6.45) is 6.58. The SMILES string of the molecule is N#Cc1cccc2c1cnn2C[C@@H]1C[C@H](C(=O)N2N=CCC2c2cc(F)cc(F)c2)C2CC1C2. The molecule has 2 aromatic carbocycles. The second-order valence-electron chi connectivity index (χ2n) is 9.71.